The van der Waals surface area contributed by atoms with E-state index in [1.807, 2.05) is 30.3 Å². The summed E-state index contributed by atoms with van der Waals surface area (Å²) < 4.78 is 31.9. The predicted octanol–water partition coefficient (Wildman–Crippen LogP) is 3.42. The van der Waals surface area contributed by atoms with Gasteiger partial charge in [-0.3, -0.25) is 0 Å². The number of methoxy groups -OCH3 is 1. The average Bonchev–Trinajstić information content (AvgIpc) is 2.52. The Balaban J connectivity index is 1.92. The van der Waals surface area contributed by atoms with Gasteiger partial charge in [-0.1, -0.05) is 29.8 Å². The number of rotatable bonds is 7. The highest BCUT2D eigenvalue weighted by molar-refractivity contribution is 7.99. The normalized spacial score (nSPS) is 11.4. The molecule has 4 nitrogen and oxygen atoms in total. The van der Waals surface area contributed by atoms with Gasteiger partial charge in [0.15, 0.2) is 0 Å². The summed E-state index contributed by atoms with van der Waals surface area (Å²) in [5.74, 6) is 1.09. The van der Waals surface area contributed by atoms with Crippen LogP contribution in [0.25, 0.3) is 0 Å². The van der Waals surface area contributed by atoms with E-state index in [1.54, 1.807) is 11.8 Å². The van der Waals surface area contributed by atoms with Crippen molar-refractivity contribution in [2.24, 2.45) is 0 Å². The zero-order chi connectivity index (χ0) is 16.0. The van der Waals surface area contributed by atoms with Gasteiger partial charge in [0.2, 0.25) is 10.0 Å². The van der Waals surface area contributed by atoms with Crippen molar-refractivity contribution >= 4 is 33.4 Å². The quantitative estimate of drug-likeness (QED) is 0.609. The summed E-state index contributed by atoms with van der Waals surface area (Å²) in [5, 5.41) is 0.268. The van der Waals surface area contributed by atoms with Crippen molar-refractivity contribution in [1.29, 1.82) is 0 Å². The van der Waals surface area contributed by atoms with E-state index in [0.29, 0.717) is 18.0 Å². The Bertz CT molecular complexity index is 721. The minimum absolute atomic E-state index is 0.128. The molecule has 0 heterocycles. The molecule has 0 aliphatic rings. The Kier molecular flexibility index (Phi) is 6.14. The number of benzene rings is 2. The monoisotopic (exact) mass is 357 g/mol. The molecule has 0 aliphatic heterocycles. The second-order valence-electron chi connectivity index (χ2n) is 4.36. The van der Waals surface area contributed by atoms with E-state index in [2.05, 4.69) is 4.72 Å². The van der Waals surface area contributed by atoms with E-state index in [9.17, 15) is 8.42 Å². The molecule has 0 bridgehead atoms. The van der Waals surface area contributed by atoms with Gasteiger partial charge in [0.05, 0.1) is 17.0 Å². The van der Waals surface area contributed by atoms with Crippen LogP contribution in [-0.2, 0) is 10.0 Å². The lowest BCUT2D eigenvalue weighted by Crippen LogP contribution is -2.26. The average molecular weight is 358 g/mol. The Morgan fingerprint density at radius 3 is 2.55 bits per heavy atom. The van der Waals surface area contributed by atoms with Crippen molar-refractivity contribution in [1.82, 2.24) is 4.72 Å². The van der Waals surface area contributed by atoms with E-state index >= 15 is 0 Å². The molecule has 0 amide bonds. The largest absolute Gasteiger partial charge is 0.495 e. The Morgan fingerprint density at radius 2 is 1.91 bits per heavy atom. The maximum atomic E-state index is 12.2. The minimum atomic E-state index is -3.57. The molecule has 2 aromatic rings. The van der Waals surface area contributed by atoms with Gasteiger partial charge in [0.25, 0.3) is 0 Å². The highest BCUT2D eigenvalue weighted by Crippen LogP contribution is 2.26. The molecule has 0 unspecified atom stereocenters. The van der Waals surface area contributed by atoms with Crippen LogP contribution in [0.3, 0.4) is 0 Å². The fourth-order valence-corrected chi connectivity index (χ4v) is 4.06. The van der Waals surface area contributed by atoms with Crippen molar-refractivity contribution in [3.8, 4) is 5.75 Å². The summed E-state index contributed by atoms with van der Waals surface area (Å²) in [6, 6.07) is 14.2. The van der Waals surface area contributed by atoms with E-state index < -0.39 is 10.0 Å². The summed E-state index contributed by atoms with van der Waals surface area (Å²) in [4.78, 5) is 1.23. The molecule has 7 heteroatoms. The van der Waals surface area contributed by atoms with Gasteiger partial charge < -0.3 is 4.74 Å². The SMILES string of the molecule is COc1ccc(S(=O)(=O)NCCSc2ccccc2)cc1Cl. The van der Waals surface area contributed by atoms with Crippen molar-refractivity contribution in [3.05, 3.63) is 53.6 Å². The summed E-state index contributed by atoms with van der Waals surface area (Å²) >= 11 is 7.55. The molecule has 0 aliphatic carbocycles. The highest BCUT2D eigenvalue weighted by Gasteiger charge is 2.15. The molecule has 0 saturated heterocycles. The Morgan fingerprint density at radius 1 is 1.18 bits per heavy atom. The second-order valence-corrected chi connectivity index (χ2v) is 7.70. The van der Waals surface area contributed by atoms with Gasteiger partial charge in [0.1, 0.15) is 5.75 Å². The molecule has 0 aromatic heterocycles. The van der Waals surface area contributed by atoms with Crippen LogP contribution in [0.15, 0.2) is 58.3 Å². The number of nitrogens with one attached hydrogen (secondary N) is 1. The summed E-state index contributed by atoms with van der Waals surface area (Å²) in [6.45, 7) is 0.339. The first-order chi connectivity index (χ1) is 10.5. The van der Waals surface area contributed by atoms with E-state index in [-0.39, 0.29) is 9.92 Å². The standard InChI is InChI=1S/C15H16ClNO3S2/c1-20-15-8-7-13(11-14(15)16)22(18,19)17-9-10-21-12-5-3-2-4-6-12/h2-8,11,17H,9-10H2,1H3. The van der Waals surface area contributed by atoms with Crippen LogP contribution < -0.4 is 9.46 Å². The molecule has 2 rings (SSSR count). The summed E-state index contributed by atoms with van der Waals surface area (Å²) in [7, 11) is -2.08. The zero-order valence-corrected chi connectivity index (χ0v) is 14.3. The van der Waals surface area contributed by atoms with Gasteiger partial charge in [0, 0.05) is 17.2 Å². The zero-order valence-electron chi connectivity index (χ0n) is 12.0. The van der Waals surface area contributed by atoms with Gasteiger partial charge in [-0.25, -0.2) is 13.1 Å². The molecule has 118 valence electrons. The molecular formula is C15H16ClNO3S2. The molecule has 1 N–H and O–H groups in total. The number of hydrogen-bond donors (Lipinski definition) is 1. The van der Waals surface area contributed by atoms with Crippen LogP contribution in [0.5, 0.6) is 5.75 Å². The lowest BCUT2D eigenvalue weighted by molar-refractivity contribution is 0.414. The Labute approximate surface area is 139 Å². The molecular weight excluding hydrogens is 342 g/mol. The molecule has 0 spiro atoms. The number of hydrogen-bond acceptors (Lipinski definition) is 4. The van der Waals surface area contributed by atoms with Gasteiger partial charge in [-0.15, -0.1) is 11.8 Å². The topological polar surface area (TPSA) is 55.4 Å². The van der Waals surface area contributed by atoms with Gasteiger partial charge in [-0.05, 0) is 30.3 Å². The fourth-order valence-electron chi connectivity index (χ4n) is 1.76. The van der Waals surface area contributed by atoms with Crippen molar-refractivity contribution in [2.45, 2.75) is 9.79 Å². The third-order valence-electron chi connectivity index (χ3n) is 2.84. The number of thioether (sulfide) groups is 1. The fraction of sp³-hybridized carbons (Fsp3) is 0.200. The predicted molar refractivity (Wildman–Crippen MR) is 90.4 cm³/mol. The van der Waals surface area contributed by atoms with Gasteiger partial charge >= 0.3 is 0 Å². The maximum Gasteiger partial charge on any atom is 0.240 e. The molecule has 0 atom stereocenters. The van der Waals surface area contributed by atoms with Crippen LogP contribution in [0.1, 0.15) is 0 Å². The number of ether oxygens (including phenoxy) is 1. The first-order valence-electron chi connectivity index (χ1n) is 6.54. The summed E-state index contributed by atoms with van der Waals surface area (Å²) in [5.41, 5.74) is 0. The Hall–Kier alpha value is -1.21. The maximum absolute atomic E-state index is 12.2. The lowest BCUT2D eigenvalue weighted by Gasteiger charge is -2.09. The van der Waals surface area contributed by atoms with E-state index in [4.69, 9.17) is 16.3 Å². The van der Waals surface area contributed by atoms with E-state index in [1.165, 1.54) is 25.3 Å². The van der Waals surface area contributed by atoms with Crippen LogP contribution in [0, 0.1) is 0 Å². The second kappa shape index (κ2) is 7.87. The third kappa shape index (κ3) is 4.64. The number of halogens is 1. The lowest BCUT2D eigenvalue weighted by atomic mass is 10.3. The third-order valence-corrected chi connectivity index (χ3v) is 5.61. The molecule has 0 radical (unpaired) electrons. The van der Waals surface area contributed by atoms with Crippen molar-refractivity contribution in [2.75, 3.05) is 19.4 Å². The number of sulfonamides is 1. The molecule has 22 heavy (non-hydrogen) atoms. The first-order valence-corrected chi connectivity index (χ1v) is 9.38. The first kappa shape index (κ1) is 17.1. The van der Waals surface area contributed by atoms with Crippen molar-refractivity contribution < 1.29 is 13.2 Å². The van der Waals surface area contributed by atoms with Crippen molar-refractivity contribution in [3.63, 3.8) is 0 Å². The molecule has 2 aromatic carbocycles. The molecule has 0 fully saturated rings. The van der Waals surface area contributed by atoms with E-state index in [0.717, 1.165) is 4.90 Å². The van der Waals surface area contributed by atoms with Gasteiger partial charge in [-0.2, -0.15) is 0 Å². The summed E-state index contributed by atoms with van der Waals surface area (Å²) in [6.07, 6.45) is 0. The minimum Gasteiger partial charge on any atom is -0.495 e. The highest BCUT2D eigenvalue weighted by atomic mass is 35.5. The van der Waals surface area contributed by atoms with Crippen LogP contribution in [0.2, 0.25) is 5.02 Å². The van der Waals surface area contributed by atoms with Crippen LogP contribution in [0.4, 0.5) is 0 Å². The molecule has 0 saturated carbocycles. The van der Waals surface area contributed by atoms with Crippen LogP contribution >= 0.6 is 23.4 Å². The smallest absolute Gasteiger partial charge is 0.240 e. The van der Waals surface area contributed by atoms with Crippen LogP contribution in [-0.4, -0.2) is 27.8 Å².